The lowest BCUT2D eigenvalue weighted by Crippen LogP contribution is -2.07. The first-order valence-corrected chi connectivity index (χ1v) is 8.79. The van der Waals surface area contributed by atoms with Crippen LogP contribution in [-0.2, 0) is 4.79 Å². The van der Waals surface area contributed by atoms with Crippen molar-refractivity contribution >= 4 is 28.5 Å². The fourth-order valence-electron chi connectivity index (χ4n) is 2.34. The molecular formula is C20H18N2O3S. The molecule has 26 heavy (non-hydrogen) atoms. The molecule has 0 fully saturated rings. The average molecular weight is 366 g/mol. The van der Waals surface area contributed by atoms with Crippen LogP contribution in [0.15, 0.2) is 60.0 Å². The first-order valence-electron chi connectivity index (χ1n) is 7.91. The quantitative estimate of drug-likeness (QED) is 0.654. The van der Waals surface area contributed by atoms with Crippen LogP contribution in [0, 0.1) is 0 Å². The van der Waals surface area contributed by atoms with Crippen LogP contribution in [0.1, 0.15) is 5.56 Å². The molecule has 0 aliphatic carbocycles. The third-order valence-electron chi connectivity index (χ3n) is 3.67. The molecule has 2 aromatic carbocycles. The van der Waals surface area contributed by atoms with E-state index in [1.54, 1.807) is 20.3 Å². The maximum absolute atomic E-state index is 12.1. The number of aromatic nitrogens is 1. The van der Waals surface area contributed by atoms with E-state index in [-0.39, 0.29) is 5.91 Å². The van der Waals surface area contributed by atoms with E-state index in [1.165, 1.54) is 17.4 Å². The van der Waals surface area contributed by atoms with Gasteiger partial charge in [-0.3, -0.25) is 10.1 Å². The molecule has 0 spiro atoms. The number of carbonyl (C=O) groups is 1. The SMILES string of the molecule is COc1ccc(-c2csc(NC(=O)C=Cc3ccccc3OC)n2)cc1. The first kappa shape index (κ1) is 17.7. The summed E-state index contributed by atoms with van der Waals surface area (Å²) in [4.78, 5) is 16.6. The van der Waals surface area contributed by atoms with Gasteiger partial charge in [0.2, 0.25) is 5.91 Å². The van der Waals surface area contributed by atoms with Crippen molar-refractivity contribution in [2.75, 3.05) is 19.5 Å². The Kier molecular flexibility index (Phi) is 5.66. The summed E-state index contributed by atoms with van der Waals surface area (Å²) >= 11 is 1.38. The van der Waals surface area contributed by atoms with Gasteiger partial charge in [0.25, 0.3) is 0 Å². The number of thiazole rings is 1. The highest BCUT2D eigenvalue weighted by molar-refractivity contribution is 7.14. The van der Waals surface area contributed by atoms with Crippen LogP contribution in [0.4, 0.5) is 5.13 Å². The van der Waals surface area contributed by atoms with Crippen LogP contribution in [0.2, 0.25) is 0 Å². The second kappa shape index (κ2) is 8.31. The molecule has 1 heterocycles. The van der Waals surface area contributed by atoms with Crippen LogP contribution < -0.4 is 14.8 Å². The minimum Gasteiger partial charge on any atom is -0.497 e. The lowest BCUT2D eigenvalue weighted by atomic mass is 10.2. The van der Waals surface area contributed by atoms with Crippen LogP contribution in [0.25, 0.3) is 17.3 Å². The fourth-order valence-corrected chi connectivity index (χ4v) is 3.06. The van der Waals surface area contributed by atoms with Crippen LogP contribution in [0.3, 0.4) is 0 Å². The van der Waals surface area contributed by atoms with Crippen molar-refractivity contribution in [1.29, 1.82) is 0 Å². The van der Waals surface area contributed by atoms with Crippen molar-refractivity contribution in [1.82, 2.24) is 4.98 Å². The van der Waals surface area contributed by atoms with Gasteiger partial charge in [0.15, 0.2) is 5.13 Å². The molecule has 1 amide bonds. The smallest absolute Gasteiger partial charge is 0.250 e. The highest BCUT2D eigenvalue weighted by atomic mass is 32.1. The number of rotatable bonds is 6. The number of nitrogens with zero attached hydrogens (tertiary/aromatic N) is 1. The Labute approximate surface area is 155 Å². The minimum atomic E-state index is -0.244. The number of ether oxygens (including phenoxy) is 2. The fraction of sp³-hybridized carbons (Fsp3) is 0.100. The molecule has 0 radical (unpaired) electrons. The second-order valence-electron chi connectivity index (χ2n) is 5.33. The van der Waals surface area contributed by atoms with Crippen LogP contribution >= 0.6 is 11.3 Å². The number of methoxy groups -OCH3 is 2. The van der Waals surface area contributed by atoms with Crippen molar-refractivity contribution in [3.8, 4) is 22.8 Å². The number of nitrogens with one attached hydrogen (secondary N) is 1. The maximum atomic E-state index is 12.1. The van der Waals surface area contributed by atoms with E-state index >= 15 is 0 Å². The summed E-state index contributed by atoms with van der Waals surface area (Å²) in [6, 6.07) is 15.1. The summed E-state index contributed by atoms with van der Waals surface area (Å²) < 4.78 is 10.4. The summed E-state index contributed by atoms with van der Waals surface area (Å²) in [7, 11) is 3.23. The Morgan fingerprint density at radius 3 is 2.58 bits per heavy atom. The van der Waals surface area contributed by atoms with Crippen molar-refractivity contribution in [2.45, 2.75) is 0 Å². The van der Waals surface area contributed by atoms with E-state index in [2.05, 4.69) is 10.3 Å². The number of amides is 1. The predicted octanol–water partition coefficient (Wildman–Crippen LogP) is 4.48. The number of anilines is 1. The van der Waals surface area contributed by atoms with E-state index in [9.17, 15) is 4.79 Å². The van der Waals surface area contributed by atoms with E-state index in [0.717, 1.165) is 22.6 Å². The summed E-state index contributed by atoms with van der Waals surface area (Å²) in [6.07, 6.45) is 3.18. The molecular weight excluding hydrogens is 348 g/mol. The molecule has 3 aromatic rings. The van der Waals surface area contributed by atoms with E-state index in [4.69, 9.17) is 9.47 Å². The molecule has 132 valence electrons. The van der Waals surface area contributed by atoms with Gasteiger partial charge in [-0.05, 0) is 36.4 Å². The van der Waals surface area contributed by atoms with Gasteiger partial charge in [0.05, 0.1) is 19.9 Å². The number of benzene rings is 2. The number of hydrogen-bond donors (Lipinski definition) is 1. The molecule has 1 N–H and O–H groups in total. The third kappa shape index (κ3) is 4.29. The number of hydrogen-bond acceptors (Lipinski definition) is 5. The van der Waals surface area contributed by atoms with Crippen molar-refractivity contribution in [3.05, 3.63) is 65.6 Å². The Morgan fingerprint density at radius 2 is 1.85 bits per heavy atom. The standard InChI is InChI=1S/C20H18N2O3S/c1-24-16-10-7-14(8-11-16)17-13-26-20(21-17)22-19(23)12-9-15-5-3-4-6-18(15)25-2/h3-13H,1-2H3,(H,21,22,23). The van der Waals surface area contributed by atoms with Gasteiger partial charge in [-0.1, -0.05) is 18.2 Å². The van der Waals surface area contributed by atoms with Gasteiger partial charge in [0, 0.05) is 22.6 Å². The molecule has 1 aromatic heterocycles. The van der Waals surface area contributed by atoms with Gasteiger partial charge >= 0.3 is 0 Å². The molecule has 5 nitrogen and oxygen atoms in total. The average Bonchev–Trinajstić information content (AvgIpc) is 3.15. The lowest BCUT2D eigenvalue weighted by molar-refractivity contribution is -0.111. The number of carbonyl (C=O) groups excluding carboxylic acids is 1. The van der Waals surface area contributed by atoms with Gasteiger partial charge in [-0.15, -0.1) is 11.3 Å². The molecule has 0 saturated carbocycles. The van der Waals surface area contributed by atoms with Crippen molar-refractivity contribution < 1.29 is 14.3 Å². The lowest BCUT2D eigenvalue weighted by Gasteiger charge is -2.03. The topological polar surface area (TPSA) is 60.5 Å². The molecule has 0 aliphatic rings. The van der Waals surface area contributed by atoms with Crippen LogP contribution in [0.5, 0.6) is 11.5 Å². The van der Waals surface area contributed by atoms with E-state index in [0.29, 0.717) is 10.9 Å². The summed E-state index contributed by atoms with van der Waals surface area (Å²) in [6.45, 7) is 0. The molecule has 6 heteroatoms. The van der Waals surface area contributed by atoms with E-state index < -0.39 is 0 Å². The number of para-hydroxylation sites is 1. The van der Waals surface area contributed by atoms with Crippen molar-refractivity contribution in [2.24, 2.45) is 0 Å². The summed E-state index contributed by atoms with van der Waals surface area (Å²) in [5.74, 6) is 1.26. The summed E-state index contributed by atoms with van der Waals surface area (Å²) in [5.41, 5.74) is 2.61. The predicted molar refractivity (Wildman–Crippen MR) is 105 cm³/mol. The van der Waals surface area contributed by atoms with Gasteiger partial charge in [-0.2, -0.15) is 0 Å². The largest absolute Gasteiger partial charge is 0.497 e. The van der Waals surface area contributed by atoms with Gasteiger partial charge in [0.1, 0.15) is 11.5 Å². The van der Waals surface area contributed by atoms with Crippen LogP contribution in [-0.4, -0.2) is 25.1 Å². The zero-order valence-corrected chi connectivity index (χ0v) is 15.2. The van der Waals surface area contributed by atoms with Crippen molar-refractivity contribution in [3.63, 3.8) is 0 Å². The monoisotopic (exact) mass is 366 g/mol. The van der Waals surface area contributed by atoms with Gasteiger partial charge < -0.3 is 9.47 Å². The highest BCUT2D eigenvalue weighted by Crippen LogP contribution is 2.26. The summed E-state index contributed by atoms with van der Waals surface area (Å²) in [5, 5.41) is 5.23. The molecule has 0 saturated heterocycles. The Balaban J connectivity index is 1.66. The Morgan fingerprint density at radius 1 is 1.08 bits per heavy atom. The minimum absolute atomic E-state index is 0.244. The highest BCUT2D eigenvalue weighted by Gasteiger charge is 2.07. The second-order valence-corrected chi connectivity index (χ2v) is 6.19. The Bertz CT molecular complexity index is 917. The molecule has 0 aliphatic heterocycles. The molecule has 3 rings (SSSR count). The van der Waals surface area contributed by atoms with E-state index in [1.807, 2.05) is 53.9 Å². The zero-order valence-electron chi connectivity index (χ0n) is 14.4. The van der Waals surface area contributed by atoms with Gasteiger partial charge in [-0.25, -0.2) is 4.98 Å². The normalized spacial score (nSPS) is 10.7. The molecule has 0 bridgehead atoms. The third-order valence-corrected chi connectivity index (χ3v) is 4.43. The first-order chi connectivity index (χ1) is 12.7. The maximum Gasteiger partial charge on any atom is 0.250 e. The molecule has 0 unspecified atom stereocenters. The Hall–Kier alpha value is -3.12. The molecule has 0 atom stereocenters. The zero-order chi connectivity index (χ0) is 18.4.